The molecule has 0 aliphatic carbocycles. The van der Waals surface area contributed by atoms with Crippen LogP contribution in [0.2, 0.25) is 0 Å². The second kappa shape index (κ2) is 6.50. The Kier molecular flexibility index (Phi) is 4.19. The minimum atomic E-state index is 0.0684. The molecule has 0 bridgehead atoms. The molecular weight excluding hydrogens is 314 g/mol. The summed E-state index contributed by atoms with van der Waals surface area (Å²) in [5.74, 6) is 1.88. The fourth-order valence-electron chi connectivity index (χ4n) is 3.71. The number of aromatic nitrogens is 3. The molecular formula is C19H25N5O. The summed E-state index contributed by atoms with van der Waals surface area (Å²) in [6, 6.07) is 3.90. The van der Waals surface area contributed by atoms with Gasteiger partial charge in [0.1, 0.15) is 5.82 Å². The third-order valence-corrected chi connectivity index (χ3v) is 5.25. The van der Waals surface area contributed by atoms with Gasteiger partial charge < -0.3 is 14.4 Å². The van der Waals surface area contributed by atoms with E-state index in [4.69, 9.17) is 9.97 Å². The molecule has 25 heavy (non-hydrogen) atoms. The molecule has 4 heterocycles. The van der Waals surface area contributed by atoms with E-state index in [0.717, 1.165) is 56.5 Å². The summed E-state index contributed by atoms with van der Waals surface area (Å²) < 4.78 is 1.66. The number of fused-ring (bicyclic) bond motifs is 1. The molecule has 0 saturated carbocycles. The standard InChI is InChI=1S/C19H25N5O/c1-3-16-11-17(21-19(20-16)23-7-4-5-8-23)24-9-6-14-10-18(25)22(2)12-15(14)13-24/h10-12H,3-9,13H2,1-2H3. The highest BCUT2D eigenvalue weighted by Crippen LogP contribution is 2.25. The van der Waals surface area contributed by atoms with Crippen molar-refractivity contribution in [3.8, 4) is 0 Å². The fraction of sp³-hybridized carbons (Fsp3) is 0.526. The molecule has 0 N–H and O–H groups in total. The van der Waals surface area contributed by atoms with Crippen LogP contribution in [0.4, 0.5) is 11.8 Å². The molecule has 4 rings (SSSR count). The van der Waals surface area contributed by atoms with Gasteiger partial charge >= 0.3 is 0 Å². The Hall–Kier alpha value is -2.37. The Bertz CT molecular complexity index is 838. The number of hydrogen-bond donors (Lipinski definition) is 0. The van der Waals surface area contributed by atoms with Crippen molar-refractivity contribution < 1.29 is 0 Å². The van der Waals surface area contributed by atoms with Crippen LogP contribution in [0.25, 0.3) is 0 Å². The topological polar surface area (TPSA) is 54.3 Å². The molecule has 1 fully saturated rings. The van der Waals surface area contributed by atoms with Crippen molar-refractivity contribution in [3.05, 3.63) is 45.5 Å². The molecule has 0 spiro atoms. The maximum absolute atomic E-state index is 11.8. The van der Waals surface area contributed by atoms with Gasteiger partial charge in [-0.3, -0.25) is 4.79 Å². The summed E-state index contributed by atoms with van der Waals surface area (Å²) in [6.07, 6.45) is 6.21. The van der Waals surface area contributed by atoms with E-state index in [1.807, 2.05) is 13.2 Å². The SMILES string of the molecule is CCc1cc(N2CCc3cc(=O)n(C)cc3C2)nc(N2CCCC2)n1. The Labute approximate surface area is 148 Å². The molecule has 132 valence electrons. The van der Waals surface area contributed by atoms with Crippen molar-refractivity contribution in [2.75, 3.05) is 29.4 Å². The molecule has 0 amide bonds. The van der Waals surface area contributed by atoms with Crippen LogP contribution >= 0.6 is 0 Å². The van der Waals surface area contributed by atoms with E-state index in [9.17, 15) is 4.79 Å². The van der Waals surface area contributed by atoms with Gasteiger partial charge in [-0.15, -0.1) is 0 Å². The Balaban J connectivity index is 1.66. The van der Waals surface area contributed by atoms with E-state index in [0.29, 0.717) is 0 Å². The van der Waals surface area contributed by atoms with Crippen molar-refractivity contribution in [1.29, 1.82) is 0 Å². The highest BCUT2D eigenvalue weighted by atomic mass is 16.1. The van der Waals surface area contributed by atoms with Crippen LogP contribution in [0.15, 0.2) is 23.1 Å². The second-order valence-corrected chi connectivity index (χ2v) is 7.01. The number of pyridine rings is 1. The average Bonchev–Trinajstić information content (AvgIpc) is 3.16. The van der Waals surface area contributed by atoms with Gasteiger partial charge in [0.05, 0.1) is 0 Å². The molecule has 6 heteroatoms. The molecule has 2 aromatic rings. The lowest BCUT2D eigenvalue weighted by molar-refractivity contribution is 0.695. The molecule has 0 radical (unpaired) electrons. The van der Waals surface area contributed by atoms with E-state index in [-0.39, 0.29) is 5.56 Å². The molecule has 0 atom stereocenters. The maximum atomic E-state index is 11.8. The summed E-state index contributed by atoms with van der Waals surface area (Å²) in [6.45, 7) is 5.93. The lowest BCUT2D eigenvalue weighted by Crippen LogP contribution is -2.34. The van der Waals surface area contributed by atoms with E-state index in [1.165, 1.54) is 24.0 Å². The van der Waals surface area contributed by atoms with Crippen molar-refractivity contribution in [2.45, 2.75) is 39.2 Å². The van der Waals surface area contributed by atoms with E-state index in [2.05, 4.69) is 22.8 Å². The fourth-order valence-corrected chi connectivity index (χ4v) is 3.71. The van der Waals surface area contributed by atoms with Crippen molar-refractivity contribution in [2.24, 2.45) is 7.05 Å². The third-order valence-electron chi connectivity index (χ3n) is 5.25. The highest BCUT2D eigenvalue weighted by Gasteiger charge is 2.22. The van der Waals surface area contributed by atoms with E-state index >= 15 is 0 Å². The molecule has 0 unspecified atom stereocenters. The Morgan fingerprint density at radius 3 is 2.60 bits per heavy atom. The van der Waals surface area contributed by atoms with Crippen LogP contribution in [0.5, 0.6) is 0 Å². The van der Waals surface area contributed by atoms with Gasteiger partial charge in [-0.1, -0.05) is 6.92 Å². The van der Waals surface area contributed by atoms with Crippen LogP contribution in [0, 0.1) is 0 Å². The van der Waals surface area contributed by atoms with Gasteiger partial charge in [-0.2, -0.15) is 4.98 Å². The summed E-state index contributed by atoms with van der Waals surface area (Å²) >= 11 is 0. The average molecular weight is 339 g/mol. The first-order valence-electron chi connectivity index (χ1n) is 9.20. The van der Waals surface area contributed by atoms with Crippen molar-refractivity contribution in [1.82, 2.24) is 14.5 Å². The Morgan fingerprint density at radius 2 is 1.84 bits per heavy atom. The first-order chi connectivity index (χ1) is 12.1. The van der Waals surface area contributed by atoms with Crippen LogP contribution in [-0.2, 0) is 26.4 Å². The van der Waals surface area contributed by atoms with Gasteiger partial charge in [0, 0.05) is 57.3 Å². The number of rotatable bonds is 3. The maximum Gasteiger partial charge on any atom is 0.250 e. The number of anilines is 2. The first kappa shape index (κ1) is 16.1. The van der Waals surface area contributed by atoms with Gasteiger partial charge in [0.2, 0.25) is 5.95 Å². The largest absolute Gasteiger partial charge is 0.352 e. The lowest BCUT2D eigenvalue weighted by atomic mass is 10.0. The van der Waals surface area contributed by atoms with Crippen molar-refractivity contribution in [3.63, 3.8) is 0 Å². The first-order valence-corrected chi connectivity index (χ1v) is 9.20. The van der Waals surface area contributed by atoms with Crippen LogP contribution in [-0.4, -0.2) is 34.2 Å². The predicted octanol–water partition coefficient (Wildman–Crippen LogP) is 1.90. The summed E-state index contributed by atoms with van der Waals surface area (Å²) in [4.78, 5) is 26.1. The quantitative estimate of drug-likeness (QED) is 0.855. The van der Waals surface area contributed by atoms with Crippen LogP contribution < -0.4 is 15.4 Å². The summed E-state index contributed by atoms with van der Waals surface area (Å²) in [7, 11) is 1.81. The predicted molar refractivity (Wildman–Crippen MR) is 99.3 cm³/mol. The highest BCUT2D eigenvalue weighted by molar-refractivity contribution is 5.49. The zero-order valence-electron chi connectivity index (χ0n) is 15.0. The smallest absolute Gasteiger partial charge is 0.250 e. The lowest BCUT2D eigenvalue weighted by Gasteiger charge is -2.31. The second-order valence-electron chi connectivity index (χ2n) is 7.01. The van der Waals surface area contributed by atoms with E-state index in [1.54, 1.807) is 10.6 Å². The van der Waals surface area contributed by atoms with Gasteiger partial charge in [0.25, 0.3) is 5.56 Å². The minimum Gasteiger partial charge on any atom is -0.352 e. The third kappa shape index (κ3) is 3.13. The van der Waals surface area contributed by atoms with Gasteiger partial charge in [-0.05, 0) is 36.8 Å². The molecule has 2 aromatic heterocycles. The molecule has 6 nitrogen and oxygen atoms in total. The zero-order chi connectivity index (χ0) is 17.4. The molecule has 0 aromatic carbocycles. The molecule has 2 aliphatic rings. The summed E-state index contributed by atoms with van der Waals surface area (Å²) in [5, 5.41) is 0. The zero-order valence-corrected chi connectivity index (χ0v) is 15.0. The summed E-state index contributed by atoms with van der Waals surface area (Å²) in [5.41, 5.74) is 3.55. The Morgan fingerprint density at radius 1 is 1.04 bits per heavy atom. The number of hydrogen-bond acceptors (Lipinski definition) is 5. The molecule has 2 aliphatic heterocycles. The van der Waals surface area contributed by atoms with Crippen LogP contribution in [0.3, 0.4) is 0 Å². The normalized spacial score (nSPS) is 17.0. The van der Waals surface area contributed by atoms with Crippen LogP contribution in [0.1, 0.15) is 36.6 Å². The number of aryl methyl sites for hydroxylation is 2. The number of nitrogens with zero attached hydrogens (tertiary/aromatic N) is 5. The monoisotopic (exact) mass is 339 g/mol. The molecule has 1 saturated heterocycles. The van der Waals surface area contributed by atoms with Gasteiger partial charge in [0.15, 0.2) is 0 Å². The minimum absolute atomic E-state index is 0.0684. The van der Waals surface area contributed by atoms with Gasteiger partial charge in [-0.25, -0.2) is 4.98 Å². The van der Waals surface area contributed by atoms with E-state index < -0.39 is 0 Å². The van der Waals surface area contributed by atoms with Crippen molar-refractivity contribution >= 4 is 11.8 Å².